The summed E-state index contributed by atoms with van der Waals surface area (Å²) in [7, 11) is 0. The van der Waals surface area contributed by atoms with Crippen LogP contribution in [-0.4, -0.2) is 46.2 Å². The van der Waals surface area contributed by atoms with Crippen LogP contribution in [0.3, 0.4) is 0 Å². The predicted molar refractivity (Wildman–Crippen MR) is 87.3 cm³/mol. The number of benzene rings is 1. The molecule has 0 saturated heterocycles. The van der Waals surface area contributed by atoms with Crippen molar-refractivity contribution in [3.8, 4) is 0 Å². The average molecular weight is 316 g/mol. The summed E-state index contributed by atoms with van der Waals surface area (Å²) < 4.78 is 16.3. The molecule has 0 radical (unpaired) electrons. The number of ether oxygens (including phenoxy) is 3. The van der Waals surface area contributed by atoms with Gasteiger partial charge in [0.15, 0.2) is 0 Å². The molecule has 4 nitrogen and oxygen atoms in total. The molecule has 1 N–H and O–H groups in total. The van der Waals surface area contributed by atoms with Crippen LogP contribution in [0, 0.1) is 0 Å². The van der Waals surface area contributed by atoms with Gasteiger partial charge in [-0.15, -0.1) is 0 Å². The zero-order chi connectivity index (χ0) is 15.2. The lowest BCUT2D eigenvalue weighted by molar-refractivity contribution is 0.0159. The molecule has 0 fully saturated rings. The standard InChI is InChI=1S/C16H26ClNO3/c1-2-3-8-19-10-12-21-13-11-20-9-7-18-16-6-4-5-15(17)14-16/h4-6,14,18H,2-3,7-13H2,1H3. The maximum absolute atomic E-state index is 5.90. The smallest absolute Gasteiger partial charge is 0.0701 e. The third-order valence-electron chi connectivity index (χ3n) is 2.79. The van der Waals surface area contributed by atoms with Gasteiger partial charge in [0.25, 0.3) is 0 Å². The molecular weight excluding hydrogens is 290 g/mol. The Morgan fingerprint density at radius 3 is 2.29 bits per heavy atom. The van der Waals surface area contributed by atoms with E-state index in [-0.39, 0.29) is 0 Å². The van der Waals surface area contributed by atoms with E-state index in [1.165, 1.54) is 0 Å². The quantitative estimate of drug-likeness (QED) is 0.565. The van der Waals surface area contributed by atoms with Crippen molar-refractivity contribution < 1.29 is 14.2 Å². The lowest BCUT2D eigenvalue weighted by Crippen LogP contribution is -2.14. The number of halogens is 1. The fourth-order valence-electron chi connectivity index (χ4n) is 1.65. The third kappa shape index (κ3) is 10.5. The van der Waals surface area contributed by atoms with Crippen molar-refractivity contribution in [3.05, 3.63) is 29.3 Å². The van der Waals surface area contributed by atoms with Crippen LogP contribution in [0.5, 0.6) is 0 Å². The minimum absolute atomic E-state index is 0.603. The molecule has 0 aliphatic heterocycles. The van der Waals surface area contributed by atoms with E-state index in [0.29, 0.717) is 33.0 Å². The number of anilines is 1. The zero-order valence-electron chi connectivity index (χ0n) is 12.8. The molecule has 0 unspecified atom stereocenters. The molecule has 0 aliphatic carbocycles. The lowest BCUT2D eigenvalue weighted by atomic mass is 10.3. The Kier molecular flexibility index (Phi) is 11.2. The van der Waals surface area contributed by atoms with Gasteiger partial charge in [0.1, 0.15) is 0 Å². The van der Waals surface area contributed by atoms with Crippen molar-refractivity contribution in [2.45, 2.75) is 19.8 Å². The second-order valence-corrected chi connectivity index (χ2v) is 5.06. The van der Waals surface area contributed by atoms with Crippen LogP contribution in [0.1, 0.15) is 19.8 Å². The largest absolute Gasteiger partial charge is 0.383 e. The second-order valence-electron chi connectivity index (χ2n) is 4.63. The van der Waals surface area contributed by atoms with Crippen LogP contribution in [-0.2, 0) is 14.2 Å². The molecule has 0 aliphatic rings. The van der Waals surface area contributed by atoms with Crippen molar-refractivity contribution >= 4 is 17.3 Å². The zero-order valence-corrected chi connectivity index (χ0v) is 13.5. The SMILES string of the molecule is CCCCOCCOCCOCCNc1cccc(Cl)c1. The molecule has 0 amide bonds. The van der Waals surface area contributed by atoms with E-state index < -0.39 is 0 Å². The van der Waals surface area contributed by atoms with E-state index in [1.807, 2.05) is 24.3 Å². The molecule has 1 rings (SSSR count). The van der Waals surface area contributed by atoms with Gasteiger partial charge in [0.2, 0.25) is 0 Å². The van der Waals surface area contributed by atoms with Crippen molar-refractivity contribution in [2.75, 3.05) is 51.5 Å². The van der Waals surface area contributed by atoms with Crippen LogP contribution in [0.2, 0.25) is 5.02 Å². The number of rotatable bonds is 13. The Morgan fingerprint density at radius 2 is 1.62 bits per heavy atom. The topological polar surface area (TPSA) is 39.7 Å². The Bertz CT molecular complexity index is 363. The highest BCUT2D eigenvalue weighted by molar-refractivity contribution is 6.30. The van der Waals surface area contributed by atoms with E-state index in [0.717, 1.165) is 36.7 Å². The minimum atomic E-state index is 0.603. The van der Waals surface area contributed by atoms with E-state index in [4.69, 9.17) is 25.8 Å². The summed E-state index contributed by atoms with van der Waals surface area (Å²) in [4.78, 5) is 0. The highest BCUT2D eigenvalue weighted by Crippen LogP contribution is 2.14. The third-order valence-corrected chi connectivity index (χ3v) is 3.02. The molecule has 120 valence electrons. The van der Waals surface area contributed by atoms with Crippen LogP contribution >= 0.6 is 11.6 Å². The Hall–Kier alpha value is -0.810. The van der Waals surface area contributed by atoms with Gasteiger partial charge in [-0.25, -0.2) is 0 Å². The summed E-state index contributed by atoms with van der Waals surface area (Å²) in [5.41, 5.74) is 1.01. The molecule has 0 aromatic heterocycles. The molecule has 5 heteroatoms. The summed E-state index contributed by atoms with van der Waals surface area (Å²) in [6, 6.07) is 7.64. The highest BCUT2D eigenvalue weighted by atomic mass is 35.5. The lowest BCUT2D eigenvalue weighted by Gasteiger charge is -2.08. The summed E-state index contributed by atoms with van der Waals surface area (Å²) in [6.07, 6.45) is 2.28. The van der Waals surface area contributed by atoms with Crippen molar-refractivity contribution in [1.82, 2.24) is 0 Å². The fraction of sp³-hybridized carbons (Fsp3) is 0.625. The van der Waals surface area contributed by atoms with Gasteiger partial charge in [-0.05, 0) is 24.6 Å². The molecule has 0 bridgehead atoms. The summed E-state index contributed by atoms with van der Waals surface area (Å²) in [5.74, 6) is 0. The number of unbranched alkanes of at least 4 members (excludes halogenated alkanes) is 1. The first-order valence-electron chi connectivity index (χ1n) is 7.55. The van der Waals surface area contributed by atoms with Gasteiger partial charge in [-0.3, -0.25) is 0 Å². The van der Waals surface area contributed by atoms with Gasteiger partial charge < -0.3 is 19.5 Å². The summed E-state index contributed by atoms with van der Waals surface area (Å²) in [5, 5.41) is 3.98. The molecule has 1 aromatic carbocycles. The minimum Gasteiger partial charge on any atom is -0.383 e. The van der Waals surface area contributed by atoms with Crippen molar-refractivity contribution in [2.24, 2.45) is 0 Å². The molecular formula is C16H26ClNO3. The first-order valence-corrected chi connectivity index (χ1v) is 7.93. The van der Waals surface area contributed by atoms with E-state index >= 15 is 0 Å². The molecule has 0 saturated carbocycles. The number of nitrogens with one attached hydrogen (secondary N) is 1. The summed E-state index contributed by atoms with van der Waals surface area (Å²) in [6.45, 7) is 6.87. The van der Waals surface area contributed by atoms with Gasteiger partial charge in [0.05, 0.1) is 33.0 Å². The molecule has 0 spiro atoms. The van der Waals surface area contributed by atoms with Crippen LogP contribution < -0.4 is 5.32 Å². The molecule has 0 atom stereocenters. The number of hydrogen-bond acceptors (Lipinski definition) is 4. The maximum Gasteiger partial charge on any atom is 0.0701 e. The monoisotopic (exact) mass is 315 g/mol. The Morgan fingerprint density at radius 1 is 0.952 bits per heavy atom. The van der Waals surface area contributed by atoms with Gasteiger partial charge >= 0.3 is 0 Å². The Labute approximate surface area is 132 Å². The van der Waals surface area contributed by atoms with Crippen LogP contribution in [0.4, 0.5) is 5.69 Å². The Balaban J connectivity index is 1.82. The average Bonchev–Trinajstić information content (AvgIpc) is 2.48. The fourth-order valence-corrected chi connectivity index (χ4v) is 1.84. The normalized spacial score (nSPS) is 10.8. The van der Waals surface area contributed by atoms with Crippen molar-refractivity contribution in [1.29, 1.82) is 0 Å². The maximum atomic E-state index is 5.90. The van der Waals surface area contributed by atoms with E-state index in [1.54, 1.807) is 0 Å². The summed E-state index contributed by atoms with van der Waals surface area (Å²) >= 11 is 5.90. The first-order chi connectivity index (χ1) is 10.3. The number of hydrogen-bond donors (Lipinski definition) is 1. The van der Waals surface area contributed by atoms with E-state index in [9.17, 15) is 0 Å². The first kappa shape index (κ1) is 18.2. The predicted octanol–water partition coefficient (Wildman–Crippen LogP) is 3.60. The molecule has 21 heavy (non-hydrogen) atoms. The second kappa shape index (κ2) is 12.9. The van der Waals surface area contributed by atoms with Crippen LogP contribution in [0.15, 0.2) is 24.3 Å². The van der Waals surface area contributed by atoms with E-state index in [2.05, 4.69) is 12.2 Å². The molecule has 1 aromatic rings. The highest BCUT2D eigenvalue weighted by Gasteiger charge is 1.94. The van der Waals surface area contributed by atoms with Gasteiger partial charge in [-0.2, -0.15) is 0 Å². The molecule has 0 heterocycles. The van der Waals surface area contributed by atoms with Gasteiger partial charge in [0, 0.05) is 23.9 Å². The van der Waals surface area contributed by atoms with Crippen molar-refractivity contribution in [3.63, 3.8) is 0 Å². The van der Waals surface area contributed by atoms with Gasteiger partial charge in [-0.1, -0.05) is 31.0 Å². The van der Waals surface area contributed by atoms with Crippen LogP contribution in [0.25, 0.3) is 0 Å².